The van der Waals surface area contributed by atoms with Crippen LogP contribution in [0.5, 0.6) is 0 Å². The predicted molar refractivity (Wildman–Crippen MR) is 71.7 cm³/mol. The second kappa shape index (κ2) is 7.04. The van der Waals surface area contributed by atoms with Gasteiger partial charge in [0.2, 0.25) is 0 Å². The summed E-state index contributed by atoms with van der Waals surface area (Å²) in [4.78, 5) is 16.0. The van der Waals surface area contributed by atoms with E-state index in [1.165, 1.54) is 6.07 Å². The Labute approximate surface area is 112 Å². The topological polar surface area (TPSA) is 63.2 Å². The van der Waals surface area contributed by atoms with Gasteiger partial charge in [-0.2, -0.15) is 0 Å². The lowest BCUT2D eigenvalue weighted by atomic mass is 10.0. The van der Waals surface area contributed by atoms with Crippen LogP contribution in [0.25, 0.3) is 0 Å². The van der Waals surface area contributed by atoms with Crippen LogP contribution in [0.4, 0.5) is 10.2 Å². The molecule has 1 rings (SSSR count). The maximum absolute atomic E-state index is 13.2. The fraction of sp³-hybridized carbons (Fsp3) is 0.538. The van der Waals surface area contributed by atoms with Gasteiger partial charge >= 0.3 is 0 Å². The number of amides is 1. The number of hydrogen-bond acceptors (Lipinski definition) is 4. The van der Waals surface area contributed by atoms with Crippen LogP contribution in [-0.4, -0.2) is 37.7 Å². The summed E-state index contributed by atoms with van der Waals surface area (Å²) in [5.74, 6) is -0.355. The molecule has 6 heteroatoms. The fourth-order valence-electron chi connectivity index (χ4n) is 1.64. The van der Waals surface area contributed by atoms with E-state index in [1.807, 2.05) is 13.8 Å². The maximum Gasteiger partial charge on any atom is 0.255 e. The molecule has 0 spiro atoms. The van der Waals surface area contributed by atoms with E-state index in [4.69, 9.17) is 4.74 Å². The molecule has 0 aliphatic heterocycles. The van der Waals surface area contributed by atoms with E-state index in [-0.39, 0.29) is 23.4 Å². The summed E-state index contributed by atoms with van der Waals surface area (Å²) >= 11 is 0. The van der Waals surface area contributed by atoms with Crippen LogP contribution < -0.4 is 10.6 Å². The quantitative estimate of drug-likeness (QED) is 0.824. The largest absolute Gasteiger partial charge is 0.383 e. The average Bonchev–Trinajstić information content (AvgIpc) is 2.37. The van der Waals surface area contributed by atoms with Gasteiger partial charge in [0.05, 0.1) is 24.4 Å². The number of pyridine rings is 1. The highest BCUT2D eigenvalue weighted by Gasteiger charge is 2.19. The molecule has 0 saturated heterocycles. The molecule has 1 atom stereocenters. The molecule has 1 aromatic heterocycles. The Hall–Kier alpha value is -1.69. The van der Waals surface area contributed by atoms with Crippen molar-refractivity contribution >= 4 is 11.7 Å². The van der Waals surface area contributed by atoms with Crippen molar-refractivity contribution in [2.45, 2.75) is 19.9 Å². The molecular formula is C13H20FN3O2. The van der Waals surface area contributed by atoms with Crippen molar-refractivity contribution in [1.82, 2.24) is 10.3 Å². The molecule has 2 N–H and O–H groups in total. The Kier molecular flexibility index (Phi) is 5.69. The summed E-state index contributed by atoms with van der Waals surface area (Å²) in [7, 11) is 3.20. The summed E-state index contributed by atoms with van der Waals surface area (Å²) in [5, 5.41) is 5.59. The van der Waals surface area contributed by atoms with Gasteiger partial charge in [0, 0.05) is 14.2 Å². The minimum absolute atomic E-state index is 0.134. The van der Waals surface area contributed by atoms with Crippen LogP contribution in [0.2, 0.25) is 0 Å². The molecule has 0 aliphatic rings. The summed E-state index contributed by atoms with van der Waals surface area (Å²) < 4.78 is 18.3. The Morgan fingerprint density at radius 3 is 2.74 bits per heavy atom. The summed E-state index contributed by atoms with van der Waals surface area (Å²) in [6.45, 7) is 4.36. The number of anilines is 1. The third-order valence-electron chi connectivity index (χ3n) is 2.80. The monoisotopic (exact) mass is 269 g/mol. The molecule has 0 bridgehead atoms. The Bertz CT molecular complexity index is 438. The highest BCUT2D eigenvalue weighted by molar-refractivity contribution is 5.98. The molecule has 0 aliphatic carbocycles. The molecule has 0 saturated carbocycles. The van der Waals surface area contributed by atoms with E-state index in [0.717, 1.165) is 6.20 Å². The first-order valence-electron chi connectivity index (χ1n) is 6.12. The highest BCUT2D eigenvalue weighted by atomic mass is 19.1. The minimum Gasteiger partial charge on any atom is -0.383 e. The molecule has 0 fully saturated rings. The van der Waals surface area contributed by atoms with Crippen molar-refractivity contribution in [3.05, 3.63) is 23.6 Å². The molecule has 106 valence electrons. The molecule has 1 heterocycles. The van der Waals surface area contributed by atoms with Gasteiger partial charge in [-0.1, -0.05) is 13.8 Å². The molecular weight excluding hydrogens is 249 g/mol. The zero-order chi connectivity index (χ0) is 14.4. The minimum atomic E-state index is -0.544. The van der Waals surface area contributed by atoms with Crippen LogP contribution in [-0.2, 0) is 4.74 Å². The number of halogens is 1. The maximum atomic E-state index is 13.2. The van der Waals surface area contributed by atoms with E-state index in [9.17, 15) is 9.18 Å². The van der Waals surface area contributed by atoms with Crippen LogP contribution in [0, 0.1) is 11.7 Å². The number of aromatic nitrogens is 1. The van der Waals surface area contributed by atoms with Crippen molar-refractivity contribution < 1.29 is 13.9 Å². The van der Waals surface area contributed by atoms with E-state index in [0.29, 0.717) is 12.4 Å². The first-order valence-corrected chi connectivity index (χ1v) is 6.12. The average molecular weight is 269 g/mol. The number of carbonyl (C=O) groups excluding carboxylic acids is 1. The zero-order valence-electron chi connectivity index (χ0n) is 11.7. The third kappa shape index (κ3) is 4.17. The number of nitrogens with one attached hydrogen (secondary N) is 2. The van der Waals surface area contributed by atoms with Gasteiger partial charge in [-0.25, -0.2) is 9.37 Å². The molecule has 5 nitrogen and oxygen atoms in total. The van der Waals surface area contributed by atoms with E-state index in [2.05, 4.69) is 15.6 Å². The van der Waals surface area contributed by atoms with Gasteiger partial charge in [-0.05, 0) is 12.0 Å². The Balaban J connectivity index is 2.90. The normalized spacial score (nSPS) is 12.3. The lowest BCUT2D eigenvalue weighted by molar-refractivity contribution is 0.0866. The summed E-state index contributed by atoms with van der Waals surface area (Å²) in [6.07, 6.45) is 1.07. The van der Waals surface area contributed by atoms with Gasteiger partial charge in [0.25, 0.3) is 5.91 Å². The van der Waals surface area contributed by atoms with Gasteiger partial charge in [-0.15, -0.1) is 0 Å². The van der Waals surface area contributed by atoms with Crippen molar-refractivity contribution in [2.24, 2.45) is 5.92 Å². The van der Waals surface area contributed by atoms with E-state index >= 15 is 0 Å². The Morgan fingerprint density at radius 2 is 2.21 bits per heavy atom. The zero-order valence-corrected chi connectivity index (χ0v) is 11.7. The van der Waals surface area contributed by atoms with Gasteiger partial charge < -0.3 is 15.4 Å². The van der Waals surface area contributed by atoms with Crippen molar-refractivity contribution in [3.8, 4) is 0 Å². The van der Waals surface area contributed by atoms with Crippen LogP contribution >= 0.6 is 0 Å². The first kappa shape index (κ1) is 15.4. The Morgan fingerprint density at radius 1 is 1.53 bits per heavy atom. The number of hydrogen-bond donors (Lipinski definition) is 2. The van der Waals surface area contributed by atoms with Gasteiger partial charge in [-0.3, -0.25) is 4.79 Å². The number of nitrogens with zero attached hydrogens (tertiary/aromatic N) is 1. The highest BCUT2D eigenvalue weighted by Crippen LogP contribution is 2.14. The van der Waals surface area contributed by atoms with E-state index < -0.39 is 5.82 Å². The second-order valence-corrected chi connectivity index (χ2v) is 4.58. The molecule has 0 aromatic carbocycles. The smallest absolute Gasteiger partial charge is 0.255 e. The van der Waals surface area contributed by atoms with Crippen molar-refractivity contribution in [2.75, 3.05) is 26.1 Å². The number of carbonyl (C=O) groups is 1. The molecule has 1 aromatic rings. The van der Waals surface area contributed by atoms with E-state index in [1.54, 1.807) is 14.2 Å². The van der Waals surface area contributed by atoms with Crippen LogP contribution in [0.15, 0.2) is 12.3 Å². The van der Waals surface area contributed by atoms with Crippen molar-refractivity contribution in [3.63, 3.8) is 0 Å². The van der Waals surface area contributed by atoms with Crippen LogP contribution in [0.1, 0.15) is 24.2 Å². The lowest BCUT2D eigenvalue weighted by Crippen LogP contribution is -2.41. The van der Waals surface area contributed by atoms with Gasteiger partial charge in [0.15, 0.2) is 0 Å². The van der Waals surface area contributed by atoms with Crippen molar-refractivity contribution in [1.29, 1.82) is 0 Å². The molecule has 0 radical (unpaired) electrons. The molecule has 1 amide bonds. The number of rotatable bonds is 6. The number of methoxy groups -OCH3 is 1. The summed E-state index contributed by atoms with van der Waals surface area (Å²) in [6, 6.07) is 1.03. The van der Waals surface area contributed by atoms with Gasteiger partial charge in [0.1, 0.15) is 11.6 Å². The first-order chi connectivity index (χ1) is 8.99. The third-order valence-corrected chi connectivity index (χ3v) is 2.80. The number of ether oxygens (including phenoxy) is 1. The predicted octanol–water partition coefficient (Wildman–Crippen LogP) is 1.66. The standard InChI is InChI=1S/C13H20FN3O2/c1-8(2)11(7-19-4)17-13(18)10-5-9(14)6-16-12(10)15-3/h5-6,8,11H,7H2,1-4H3,(H,15,16)(H,17,18). The molecule has 1 unspecified atom stereocenters. The SMILES string of the molecule is CNc1ncc(F)cc1C(=O)NC(COC)C(C)C. The second-order valence-electron chi connectivity index (χ2n) is 4.58. The van der Waals surface area contributed by atoms with Crippen LogP contribution in [0.3, 0.4) is 0 Å². The summed E-state index contributed by atoms with van der Waals surface area (Å²) in [5.41, 5.74) is 0.184. The fourth-order valence-corrected chi connectivity index (χ4v) is 1.64. The lowest BCUT2D eigenvalue weighted by Gasteiger charge is -2.22. The molecule has 19 heavy (non-hydrogen) atoms.